The number of aromatic nitrogens is 3. The summed E-state index contributed by atoms with van der Waals surface area (Å²) >= 11 is 5.30. The Balaban J connectivity index is 2.08. The zero-order valence-corrected chi connectivity index (χ0v) is 11.0. The quantitative estimate of drug-likeness (QED) is 0.818. The Bertz CT molecular complexity index is 393. The Kier molecular flexibility index (Phi) is 3.79. The van der Waals surface area contributed by atoms with Crippen LogP contribution in [0, 0.1) is 16.6 Å². The van der Waals surface area contributed by atoms with Crippen molar-refractivity contribution >= 4 is 12.2 Å². The molecule has 1 aromatic heterocycles. The van der Waals surface area contributed by atoms with Crippen molar-refractivity contribution in [1.82, 2.24) is 14.8 Å². The van der Waals surface area contributed by atoms with E-state index >= 15 is 0 Å². The van der Waals surface area contributed by atoms with Crippen LogP contribution in [-0.2, 0) is 13.0 Å². The van der Waals surface area contributed by atoms with Gasteiger partial charge >= 0.3 is 0 Å². The van der Waals surface area contributed by atoms with Gasteiger partial charge in [-0.3, -0.25) is 5.10 Å². The van der Waals surface area contributed by atoms with Gasteiger partial charge in [0.1, 0.15) is 5.82 Å². The Morgan fingerprint density at radius 1 is 1.50 bits per heavy atom. The van der Waals surface area contributed by atoms with E-state index in [1.165, 1.54) is 19.3 Å². The van der Waals surface area contributed by atoms with Crippen LogP contribution in [0.25, 0.3) is 0 Å². The van der Waals surface area contributed by atoms with E-state index in [1.54, 1.807) is 0 Å². The third-order valence-corrected chi connectivity index (χ3v) is 3.87. The SMILES string of the molecule is CCCc1n[nH]c(=S)n1CC1CCC(C)C1. The summed E-state index contributed by atoms with van der Waals surface area (Å²) in [7, 11) is 0. The molecule has 90 valence electrons. The molecule has 1 aliphatic carbocycles. The van der Waals surface area contributed by atoms with E-state index in [0.29, 0.717) is 0 Å². The van der Waals surface area contributed by atoms with Gasteiger partial charge in [0, 0.05) is 13.0 Å². The van der Waals surface area contributed by atoms with Crippen molar-refractivity contribution in [2.24, 2.45) is 11.8 Å². The van der Waals surface area contributed by atoms with Crippen LogP contribution in [0.2, 0.25) is 0 Å². The molecular weight excluding hydrogens is 218 g/mol. The Hall–Kier alpha value is -0.640. The summed E-state index contributed by atoms with van der Waals surface area (Å²) in [5, 5.41) is 7.24. The summed E-state index contributed by atoms with van der Waals surface area (Å²) in [4.78, 5) is 0. The topological polar surface area (TPSA) is 33.6 Å². The average molecular weight is 239 g/mol. The van der Waals surface area contributed by atoms with Crippen LogP contribution < -0.4 is 0 Å². The van der Waals surface area contributed by atoms with E-state index in [2.05, 4.69) is 28.6 Å². The largest absolute Gasteiger partial charge is 0.304 e. The minimum absolute atomic E-state index is 0.794. The van der Waals surface area contributed by atoms with Crippen LogP contribution in [0.1, 0.15) is 45.4 Å². The average Bonchev–Trinajstić information content (AvgIpc) is 2.79. The van der Waals surface area contributed by atoms with Crippen molar-refractivity contribution < 1.29 is 0 Å². The van der Waals surface area contributed by atoms with Crippen molar-refractivity contribution in [3.63, 3.8) is 0 Å². The third kappa shape index (κ3) is 2.54. The minimum Gasteiger partial charge on any atom is -0.304 e. The first-order valence-electron chi connectivity index (χ1n) is 6.34. The second kappa shape index (κ2) is 5.13. The molecule has 0 radical (unpaired) electrons. The first kappa shape index (κ1) is 11.8. The summed E-state index contributed by atoms with van der Waals surface area (Å²) in [6.07, 6.45) is 6.22. The number of aryl methyl sites for hydroxylation is 1. The lowest BCUT2D eigenvalue weighted by atomic mass is 10.1. The predicted molar refractivity (Wildman–Crippen MR) is 67.9 cm³/mol. The molecule has 0 aliphatic heterocycles. The molecule has 0 spiro atoms. The molecule has 1 aromatic rings. The normalized spacial score (nSPS) is 25.1. The second-order valence-corrected chi connectivity index (χ2v) is 5.48. The van der Waals surface area contributed by atoms with Crippen LogP contribution in [0.3, 0.4) is 0 Å². The molecule has 0 aromatic carbocycles. The maximum Gasteiger partial charge on any atom is 0.195 e. The highest BCUT2D eigenvalue weighted by Gasteiger charge is 2.22. The fraction of sp³-hybridized carbons (Fsp3) is 0.833. The van der Waals surface area contributed by atoms with E-state index in [9.17, 15) is 0 Å². The Morgan fingerprint density at radius 3 is 2.94 bits per heavy atom. The van der Waals surface area contributed by atoms with Crippen LogP contribution in [-0.4, -0.2) is 14.8 Å². The molecule has 4 heteroatoms. The zero-order valence-electron chi connectivity index (χ0n) is 10.2. The summed E-state index contributed by atoms with van der Waals surface area (Å²) in [5.74, 6) is 2.82. The molecule has 0 amide bonds. The molecule has 0 saturated heterocycles. The molecule has 3 nitrogen and oxygen atoms in total. The van der Waals surface area contributed by atoms with E-state index in [1.807, 2.05) is 0 Å². The van der Waals surface area contributed by atoms with E-state index in [4.69, 9.17) is 12.2 Å². The number of H-pyrrole nitrogens is 1. The summed E-state index contributed by atoms with van der Waals surface area (Å²) < 4.78 is 3.00. The third-order valence-electron chi connectivity index (χ3n) is 3.56. The van der Waals surface area contributed by atoms with Gasteiger partial charge in [-0.1, -0.05) is 20.3 Å². The molecule has 1 heterocycles. The first-order chi connectivity index (χ1) is 7.70. The Labute approximate surface area is 102 Å². The van der Waals surface area contributed by atoms with Crippen LogP contribution >= 0.6 is 12.2 Å². The molecule has 1 fully saturated rings. The standard InChI is InChI=1S/C12H21N3S/c1-3-4-11-13-14-12(16)15(11)8-10-6-5-9(2)7-10/h9-10H,3-8H2,1-2H3,(H,14,16). The van der Waals surface area contributed by atoms with Gasteiger partial charge in [0.25, 0.3) is 0 Å². The number of nitrogens with zero attached hydrogens (tertiary/aromatic N) is 2. The van der Waals surface area contributed by atoms with Gasteiger partial charge in [-0.15, -0.1) is 0 Å². The molecule has 0 bridgehead atoms. The lowest BCUT2D eigenvalue weighted by molar-refractivity contribution is 0.429. The molecule has 2 unspecified atom stereocenters. The first-order valence-corrected chi connectivity index (χ1v) is 6.75. The van der Waals surface area contributed by atoms with Crippen molar-refractivity contribution in [1.29, 1.82) is 0 Å². The zero-order chi connectivity index (χ0) is 11.5. The van der Waals surface area contributed by atoms with Crippen LogP contribution in [0.5, 0.6) is 0 Å². The maximum atomic E-state index is 5.30. The molecule has 2 rings (SSSR count). The second-order valence-electron chi connectivity index (χ2n) is 5.09. The van der Waals surface area contributed by atoms with Crippen LogP contribution in [0.15, 0.2) is 0 Å². The molecule has 1 saturated carbocycles. The highest BCUT2D eigenvalue weighted by atomic mass is 32.1. The molecule has 1 N–H and O–H groups in total. The number of rotatable bonds is 4. The van der Waals surface area contributed by atoms with Gasteiger partial charge in [0.05, 0.1) is 0 Å². The minimum atomic E-state index is 0.794. The summed E-state index contributed by atoms with van der Waals surface area (Å²) in [6, 6.07) is 0. The monoisotopic (exact) mass is 239 g/mol. The summed E-state index contributed by atoms with van der Waals surface area (Å²) in [5.41, 5.74) is 0. The Morgan fingerprint density at radius 2 is 2.31 bits per heavy atom. The van der Waals surface area contributed by atoms with Gasteiger partial charge in [-0.25, -0.2) is 0 Å². The fourth-order valence-electron chi connectivity index (χ4n) is 2.70. The highest BCUT2D eigenvalue weighted by molar-refractivity contribution is 7.71. The number of hydrogen-bond donors (Lipinski definition) is 1. The lowest BCUT2D eigenvalue weighted by Crippen LogP contribution is -2.11. The summed E-state index contributed by atoms with van der Waals surface area (Å²) in [6.45, 7) is 5.59. The molecule has 16 heavy (non-hydrogen) atoms. The maximum absolute atomic E-state index is 5.30. The van der Waals surface area contributed by atoms with Gasteiger partial charge in [0.2, 0.25) is 0 Å². The molecule has 2 atom stereocenters. The van der Waals surface area contributed by atoms with E-state index in [0.717, 1.165) is 41.8 Å². The van der Waals surface area contributed by atoms with Crippen molar-refractivity contribution in [3.05, 3.63) is 10.6 Å². The van der Waals surface area contributed by atoms with Gasteiger partial charge in [-0.2, -0.15) is 5.10 Å². The highest BCUT2D eigenvalue weighted by Crippen LogP contribution is 2.31. The van der Waals surface area contributed by atoms with Gasteiger partial charge < -0.3 is 4.57 Å². The smallest absolute Gasteiger partial charge is 0.195 e. The van der Waals surface area contributed by atoms with Gasteiger partial charge in [-0.05, 0) is 43.3 Å². The van der Waals surface area contributed by atoms with Crippen molar-refractivity contribution in [2.45, 2.75) is 52.5 Å². The molecular formula is C12H21N3S. The lowest BCUT2D eigenvalue weighted by Gasteiger charge is -2.12. The number of nitrogens with one attached hydrogen (secondary N) is 1. The van der Waals surface area contributed by atoms with Crippen molar-refractivity contribution in [2.75, 3.05) is 0 Å². The van der Waals surface area contributed by atoms with E-state index in [-0.39, 0.29) is 0 Å². The number of aromatic amines is 1. The van der Waals surface area contributed by atoms with Crippen molar-refractivity contribution in [3.8, 4) is 0 Å². The van der Waals surface area contributed by atoms with Crippen LogP contribution in [0.4, 0.5) is 0 Å². The molecule has 1 aliphatic rings. The fourth-order valence-corrected chi connectivity index (χ4v) is 2.93. The predicted octanol–water partition coefficient (Wildman–Crippen LogP) is 3.33. The van der Waals surface area contributed by atoms with Gasteiger partial charge in [0.15, 0.2) is 4.77 Å². The van der Waals surface area contributed by atoms with E-state index < -0.39 is 0 Å². The number of hydrogen-bond acceptors (Lipinski definition) is 2.